The number of nitrogens with two attached hydrogens (primary N) is 1. The van der Waals surface area contributed by atoms with E-state index in [2.05, 4.69) is 4.98 Å². The van der Waals surface area contributed by atoms with E-state index in [4.69, 9.17) is 5.73 Å². The van der Waals surface area contributed by atoms with Gasteiger partial charge in [-0.2, -0.15) is 0 Å². The Morgan fingerprint density at radius 1 is 1.40 bits per heavy atom. The molecule has 132 valence electrons. The molecule has 7 nitrogen and oxygen atoms in total. The summed E-state index contributed by atoms with van der Waals surface area (Å²) >= 11 is 0. The van der Waals surface area contributed by atoms with Crippen molar-refractivity contribution in [1.82, 2.24) is 9.55 Å². The molecule has 0 aliphatic heterocycles. The molecule has 1 aliphatic carbocycles. The van der Waals surface area contributed by atoms with E-state index in [1.165, 1.54) is 6.20 Å². The number of aldehydes is 1. The fourth-order valence-corrected chi connectivity index (χ4v) is 3.54. The van der Waals surface area contributed by atoms with E-state index in [0.717, 1.165) is 4.57 Å². The van der Waals surface area contributed by atoms with E-state index in [1.807, 2.05) is 0 Å². The number of amides is 1. The van der Waals surface area contributed by atoms with Crippen LogP contribution in [-0.2, 0) is 11.3 Å². The fourth-order valence-electron chi connectivity index (χ4n) is 3.54. The first-order valence-electron chi connectivity index (χ1n) is 8.07. The van der Waals surface area contributed by atoms with Crippen molar-refractivity contribution in [3.63, 3.8) is 0 Å². The number of fused-ring (bicyclic) bond motifs is 1. The monoisotopic (exact) mass is 347 g/mol. The average molecular weight is 347 g/mol. The highest BCUT2D eigenvalue weighted by atomic mass is 19.1. The molecule has 0 spiro atoms. The average Bonchev–Trinajstić information content (AvgIpc) is 2.58. The summed E-state index contributed by atoms with van der Waals surface area (Å²) in [5, 5.41) is 10.8. The van der Waals surface area contributed by atoms with Crippen LogP contribution in [0.1, 0.15) is 47.5 Å². The van der Waals surface area contributed by atoms with Crippen molar-refractivity contribution in [2.75, 3.05) is 0 Å². The van der Waals surface area contributed by atoms with E-state index in [9.17, 15) is 23.9 Å². The minimum absolute atomic E-state index is 0.0358. The molecule has 2 aromatic heterocycles. The predicted molar refractivity (Wildman–Crippen MR) is 88.4 cm³/mol. The Labute approximate surface area is 142 Å². The number of pyridine rings is 2. The van der Waals surface area contributed by atoms with Gasteiger partial charge in [-0.25, -0.2) is 9.37 Å². The quantitative estimate of drug-likeness (QED) is 0.811. The second-order valence-electron chi connectivity index (χ2n) is 6.22. The first-order valence-corrected chi connectivity index (χ1v) is 8.07. The lowest BCUT2D eigenvalue weighted by Crippen LogP contribution is -2.31. The van der Waals surface area contributed by atoms with Crippen LogP contribution >= 0.6 is 0 Å². The van der Waals surface area contributed by atoms with Crippen molar-refractivity contribution in [1.29, 1.82) is 0 Å². The van der Waals surface area contributed by atoms with Gasteiger partial charge in [0.05, 0.1) is 11.9 Å². The van der Waals surface area contributed by atoms with Gasteiger partial charge in [-0.3, -0.25) is 14.2 Å². The van der Waals surface area contributed by atoms with Gasteiger partial charge in [-0.15, -0.1) is 0 Å². The zero-order chi connectivity index (χ0) is 18.1. The van der Waals surface area contributed by atoms with Crippen LogP contribution in [0.15, 0.2) is 17.1 Å². The third-order valence-corrected chi connectivity index (χ3v) is 4.75. The number of aromatic hydroxyl groups is 1. The minimum Gasteiger partial charge on any atom is -0.506 e. The van der Waals surface area contributed by atoms with Gasteiger partial charge in [0.1, 0.15) is 29.4 Å². The number of carbonyl (C=O) groups is 2. The van der Waals surface area contributed by atoms with Crippen LogP contribution in [-0.4, -0.2) is 33.0 Å². The molecule has 0 saturated heterocycles. The van der Waals surface area contributed by atoms with E-state index in [-0.39, 0.29) is 23.5 Å². The van der Waals surface area contributed by atoms with Crippen LogP contribution in [0.25, 0.3) is 11.0 Å². The van der Waals surface area contributed by atoms with Crippen molar-refractivity contribution in [2.45, 2.75) is 44.3 Å². The molecule has 0 bridgehead atoms. The Kier molecular flexibility index (Phi) is 4.52. The molecule has 8 heteroatoms. The molecule has 2 aromatic rings. The van der Waals surface area contributed by atoms with Gasteiger partial charge in [0, 0.05) is 6.20 Å². The van der Waals surface area contributed by atoms with Gasteiger partial charge in [-0.05, 0) is 43.2 Å². The molecule has 0 unspecified atom stereocenters. The first-order chi connectivity index (χ1) is 12.0. The summed E-state index contributed by atoms with van der Waals surface area (Å²) in [6.45, 7) is -0.316. The van der Waals surface area contributed by atoms with E-state index in [1.54, 1.807) is 6.07 Å². The van der Waals surface area contributed by atoms with Gasteiger partial charge in [0.25, 0.3) is 11.5 Å². The highest BCUT2D eigenvalue weighted by Crippen LogP contribution is 2.39. The summed E-state index contributed by atoms with van der Waals surface area (Å²) in [6, 6.07) is 1.69. The third kappa shape index (κ3) is 2.88. The highest BCUT2D eigenvalue weighted by Gasteiger charge is 2.28. The second kappa shape index (κ2) is 6.62. The van der Waals surface area contributed by atoms with Crippen molar-refractivity contribution in [2.24, 2.45) is 5.73 Å². The molecular formula is C17H18FN3O4. The first kappa shape index (κ1) is 17.1. The maximum atomic E-state index is 13.4. The van der Waals surface area contributed by atoms with Crippen LogP contribution in [0, 0.1) is 0 Å². The molecule has 1 amide bonds. The number of alkyl halides is 1. The minimum atomic E-state index is -1.08. The maximum Gasteiger partial charge on any atom is 0.269 e. The molecule has 1 saturated carbocycles. The zero-order valence-corrected chi connectivity index (χ0v) is 13.4. The number of halogens is 1. The summed E-state index contributed by atoms with van der Waals surface area (Å²) in [7, 11) is 0. The smallest absolute Gasteiger partial charge is 0.269 e. The number of nitrogens with zero attached hydrogens (tertiary/aromatic N) is 2. The number of aromatic nitrogens is 2. The molecule has 0 atom stereocenters. The maximum absolute atomic E-state index is 13.4. The Balaban J connectivity index is 2.31. The fraction of sp³-hybridized carbons (Fsp3) is 0.412. The van der Waals surface area contributed by atoms with Crippen LogP contribution in [0.5, 0.6) is 5.75 Å². The number of rotatable bonds is 4. The summed E-state index contributed by atoms with van der Waals surface area (Å²) in [4.78, 5) is 39.1. The molecule has 2 heterocycles. The van der Waals surface area contributed by atoms with Gasteiger partial charge in [0.2, 0.25) is 0 Å². The number of hydrogen-bond donors (Lipinski definition) is 2. The van der Waals surface area contributed by atoms with E-state index < -0.39 is 29.0 Å². The Bertz CT molecular complexity index is 901. The number of carbonyl (C=O) groups excluding carboxylic acids is 2. The van der Waals surface area contributed by atoms with Gasteiger partial charge in [0.15, 0.2) is 0 Å². The summed E-state index contributed by atoms with van der Waals surface area (Å²) in [6.07, 6.45) is 3.12. The van der Waals surface area contributed by atoms with E-state index >= 15 is 0 Å². The lowest BCUT2D eigenvalue weighted by Gasteiger charge is -2.26. The molecule has 1 aliphatic rings. The summed E-state index contributed by atoms with van der Waals surface area (Å²) in [5.74, 6) is -1.64. The van der Waals surface area contributed by atoms with E-state index in [0.29, 0.717) is 37.5 Å². The van der Waals surface area contributed by atoms with Crippen molar-refractivity contribution < 1.29 is 19.1 Å². The molecule has 3 rings (SSSR count). The molecule has 0 aromatic carbocycles. The molecule has 3 N–H and O–H groups in total. The highest BCUT2D eigenvalue weighted by molar-refractivity contribution is 6.01. The topological polar surface area (TPSA) is 115 Å². The Morgan fingerprint density at radius 2 is 2.08 bits per heavy atom. The van der Waals surface area contributed by atoms with Crippen LogP contribution in [0.3, 0.4) is 0 Å². The van der Waals surface area contributed by atoms with Gasteiger partial charge >= 0.3 is 0 Å². The summed E-state index contributed by atoms with van der Waals surface area (Å²) in [5.41, 5.74) is 4.61. The Morgan fingerprint density at radius 3 is 2.68 bits per heavy atom. The number of primary amides is 1. The second-order valence-corrected chi connectivity index (χ2v) is 6.22. The lowest BCUT2D eigenvalue weighted by atomic mass is 9.82. The number of hydrogen-bond acceptors (Lipinski definition) is 5. The summed E-state index contributed by atoms with van der Waals surface area (Å²) < 4.78 is 14.5. The molecule has 0 radical (unpaired) electrons. The third-order valence-electron chi connectivity index (χ3n) is 4.75. The SMILES string of the molecule is NC(=O)c1c(O)c2c(C3CCC(F)CC3)ccnc2n(CC=O)c1=O. The largest absolute Gasteiger partial charge is 0.506 e. The normalized spacial score (nSPS) is 20.5. The lowest BCUT2D eigenvalue weighted by molar-refractivity contribution is -0.108. The Hall–Kier alpha value is -2.77. The van der Waals surface area contributed by atoms with Gasteiger partial charge < -0.3 is 15.6 Å². The van der Waals surface area contributed by atoms with Crippen LogP contribution in [0.2, 0.25) is 0 Å². The zero-order valence-electron chi connectivity index (χ0n) is 13.4. The van der Waals surface area contributed by atoms with Crippen LogP contribution < -0.4 is 11.3 Å². The van der Waals surface area contributed by atoms with Crippen molar-refractivity contribution >= 4 is 23.2 Å². The molecule has 25 heavy (non-hydrogen) atoms. The van der Waals surface area contributed by atoms with Crippen LogP contribution in [0.4, 0.5) is 4.39 Å². The van der Waals surface area contributed by atoms with Crippen molar-refractivity contribution in [3.8, 4) is 5.75 Å². The van der Waals surface area contributed by atoms with Crippen molar-refractivity contribution in [3.05, 3.63) is 33.7 Å². The predicted octanol–water partition coefficient (Wildman–Crippen LogP) is 1.40. The standard InChI is InChI=1S/C17H18FN3O4/c18-10-3-1-9(2-4-10)11-5-6-20-16-12(11)14(23)13(15(19)24)17(25)21(16)7-8-22/h5-6,8-10,23H,1-4,7H2,(H2,19,24). The molecule has 1 fully saturated rings. The van der Waals surface area contributed by atoms with Gasteiger partial charge in [-0.1, -0.05) is 0 Å². The molecular weight excluding hydrogens is 329 g/mol.